The van der Waals surface area contributed by atoms with Crippen LogP contribution in [0.1, 0.15) is 12.0 Å². The third-order valence-electron chi connectivity index (χ3n) is 3.16. The highest BCUT2D eigenvalue weighted by Gasteiger charge is 2.20. The number of piperazine rings is 1. The first-order chi connectivity index (χ1) is 8.79. The van der Waals surface area contributed by atoms with Crippen molar-refractivity contribution in [3.8, 4) is 0 Å². The van der Waals surface area contributed by atoms with Crippen molar-refractivity contribution in [1.29, 1.82) is 0 Å². The molecule has 1 aromatic heterocycles. The number of hydrogen-bond acceptors (Lipinski definition) is 3. The molecule has 1 aliphatic rings. The lowest BCUT2D eigenvalue weighted by Crippen LogP contribution is -2.48. The van der Waals surface area contributed by atoms with Gasteiger partial charge in [-0.05, 0) is 11.6 Å². The number of halogens is 1. The topological polar surface area (TPSA) is 36.4 Å². The average molecular weight is 312 g/mol. The number of hydrogen-bond donors (Lipinski definition) is 0. The van der Waals surface area contributed by atoms with E-state index in [1.165, 1.54) is 5.56 Å². The SMILES string of the molecule is O=C(CCBr)N1CCN(Cc2cccnc2)CC1. The zero-order valence-corrected chi connectivity index (χ0v) is 12.0. The van der Waals surface area contributed by atoms with Crippen molar-refractivity contribution in [2.45, 2.75) is 13.0 Å². The monoisotopic (exact) mass is 311 g/mol. The summed E-state index contributed by atoms with van der Waals surface area (Å²) >= 11 is 3.31. The van der Waals surface area contributed by atoms with Crippen LogP contribution in [0.4, 0.5) is 0 Å². The molecular formula is C13H18BrN3O. The van der Waals surface area contributed by atoms with Crippen molar-refractivity contribution in [3.05, 3.63) is 30.1 Å². The third-order valence-corrected chi connectivity index (χ3v) is 3.56. The summed E-state index contributed by atoms with van der Waals surface area (Å²) in [4.78, 5) is 20.2. The molecule has 2 rings (SSSR count). The van der Waals surface area contributed by atoms with Gasteiger partial charge in [-0.1, -0.05) is 22.0 Å². The van der Waals surface area contributed by atoms with Gasteiger partial charge in [-0.3, -0.25) is 14.7 Å². The first kappa shape index (κ1) is 13.5. The van der Waals surface area contributed by atoms with Crippen LogP contribution in [0.3, 0.4) is 0 Å². The number of aromatic nitrogens is 1. The van der Waals surface area contributed by atoms with Crippen molar-refractivity contribution in [2.24, 2.45) is 0 Å². The summed E-state index contributed by atoms with van der Waals surface area (Å²) in [6.07, 6.45) is 4.30. The molecule has 4 nitrogen and oxygen atoms in total. The molecule has 0 N–H and O–H groups in total. The Morgan fingerprint density at radius 3 is 2.72 bits per heavy atom. The van der Waals surface area contributed by atoms with E-state index in [4.69, 9.17) is 0 Å². The maximum atomic E-state index is 11.7. The second-order valence-electron chi connectivity index (χ2n) is 4.46. The van der Waals surface area contributed by atoms with Crippen molar-refractivity contribution in [3.63, 3.8) is 0 Å². The minimum absolute atomic E-state index is 0.257. The van der Waals surface area contributed by atoms with E-state index in [1.807, 2.05) is 17.2 Å². The summed E-state index contributed by atoms with van der Waals surface area (Å²) in [6.45, 7) is 4.50. The van der Waals surface area contributed by atoms with E-state index < -0.39 is 0 Å². The molecule has 1 amide bonds. The van der Waals surface area contributed by atoms with Gasteiger partial charge in [0, 0.05) is 56.9 Å². The summed E-state index contributed by atoms with van der Waals surface area (Å²) in [5.41, 5.74) is 1.23. The summed E-state index contributed by atoms with van der Waals surface area (Å²) in [6, 6.07) is 4.06. The molecule has 1 aromatic rings. The quantitative estimate of drug-likeness (QED) is 0.791. The Labute approximate surface area is 116 Å². The molecule has 5 heteroatoms. The minimum atomic E-state index is 0.257. The summed E-state index contributed by atoms with van der Waals surface area (Å²) < 4.78 is 0. The van der Waals surface area contributed by atoms with E-state index in [1.54, 1.807) is 6.20 Å². The van der Waals surface area contributed by atoms with Crippen LogP contribution in [0.2, 0.25) is 0 Å². The van der Waals surface area contributed by atoms with Crippen LogP contribution >= 0.6 is 15.9 Å². The molecule has 1 aliphatic heterocycles. The van der Waals surface area contributed by atoms with Crippen molar-refractivity contribution in [1.82, 2.24) is 14.8 Å². The number of rotatable bonds is 4. The molecule has 0 unspecified atom stereocenters. The number of carbonyl (C=O) groups is 1. The van der Waals surface area contributed by atoms with Crippen molar-refractivity contribution in [2.75, 3.05) is 31.5 Å². The van der Waals surface area contributed by atoms with Gasteiger partial charge in [0.15, 0.2) is 0 Å². The lowest BCUT2D eigenvalue weighted by molar-refractivity contribution is -0.132. The highest BCUT2D eigenvalue weighted by atomic mass is 79.9. The molecule has 98 valence electrons. The summed E-state index contributed by atoms with van der Waals surface area (Å²) in [5, 5.41) is 0.752. The first-order valence-corrected chi connectivity index (χ1v) is 7.37. The Morgan fingerprint density at radius 1 is 1.33 bits per heavy atom. The van der Waals surface area contributed by atoms with E-state index in [-0.39, 0.29) is 5.91 Å². The smallest absolute Gasteiger partial charge is 0.223 e. The van der Waals surface area contributed by atoms with Gasteiger partial charge in [0.1, 0.15) is 0 Å². The summed E-state index contributed by atoms with van der Waals surface area (Å²) in [5.74, 6) is 0.257. The highest BCUT2D eigenvalue weighted by Crippen LogP contribution is 2.08. The number of alkyl halides is 1. The van der Waals surface area contributed by atoms with E-state index in [0.29, 0.717) is 6.42 Å². The fourth-order valence-electron chi connectivity index (χ4n) is 2.14. The van der Waals surface area contributed by atoms with Crippen LogP contribution in [0.15, 0.2) is 24.5 Å². The van der Waals surface area contributed by atoms with Crippen LogP contribution in [0.5, 0.6) is 0 Å². The number of pyridine rings is 1. The molecule has 0 radical (unpaired) electrons. The lowest BCUT2D eigenvalue weighted by atomic mass is 10.2. The Kier molecular flexibility index (Phi) is 5.13. The first-order valence-electron chi connectivity index (χ1n) is 6.24. The van der Waals surface area contributed by atoms with Crippen LogP contribution in [-0.4, -0.2) is 52.2 Å². The van der Waals surface area contributed by atoms with E-state index in [9.17, 15) is 4.79 Å². The molecule has 0 atom stereocenters. The predicted molar refractivity (Wildman–Crippen MR) is 74.5 cm³/mol. The van der Waals surface area contributed by atoms with E-state index in [2.05, 4.69) is 31.9 Å². The second-order valence-corrected chi connectivity index (χ2v) is 5.25. The van der Waals surface area contributed by atoms with Gasteiger partial charge in [0.25, 0.3) is 0 Å². The molecular weight excluding hydrogens is 294 g/mol. The van der Waals surface area contributed by atoms with Gasteiger partial charge in [0.2, 0.25) is 5.91 Å². The lowest BCUT2D eigenvalue weighted by Gasteiger charge is -2.34. The molecule has 18 heavy (non-hydrogen) atoms. The number of amides is 1. The largest absolute Gasteiger partial charge is 0.340 e. The molecule has 1 saturated heterocycles. The highest BCUT2D eigenvalue weighted by molar-refractivity contribution is 9.09. The molecule has 0 aliphatic carbocycles. The molecule has 0 spiro atoms. The van der Waals surface area contributed by atoms with Gasteiger partial charge in [-0.2, -0.15) is 0 Å². The fourth-order valence-corrected chi connectivity index (χ4v) is 2.48. The molecule has 0 aromatic carbocycles. The Morgan fingerprint density at radius 2 is 2.11 bits per heavy atom. The van der Waals surface area contributed by atoms with Gasteiger partial charge in [0.05, 0.1) is 0 Å². The minimum Gasteiger partial charge on any atom is -0.340 e. The van der Waals surface area contributed by atoms with E-state index >= 15 is 0 Å². The van der Waals surface area contributed by atoms with Crippen molar-refractivity contribution < 1.29 is 4.79 Å². The zero-order valence-electron chi connectivity index (χ0n) is 10.4. The molecule has 0 saturated carbocycles. The summed E-state index contributed by atoms with van der Waals surface area (Å²) in [7, 11) is 0. The maximum absolute atomic E-state index is 11.7. The third kappa shape index (κ3) is 3.78. The van der Waals surface area contributed by atoms with Gasteiger partial charge in [-0.25, -0.2) is 0 Å². The Bertz CT molecular complexity index is 377. The van der Waals surface area contributed by atoms with Gasteiger partial charge >= 0.3 is 0 Å². The molecule has 1 fully saturated rings. The Hall–Kier alpha value is -0.940. The van der Waals surface area contributed by atoms with Crippen LogP contribution < -0.4 is 0 Å². The van der Waals surface area contributed by atoms with Gasteiger partial charge in [-0.15, -0.1) is 0 Å². The fraction of sp³-hybridized carbons (Fsp3) is 0.538. The average Bonchev–Trinajstić information content (AvgIpc) is 2.41. The van der Waals surface area contributed by atoms with E-state index in [0.717, 1.165) is 38.1 Å². The molecule has 2 heterocycles. The number of nitrogens with zero attached hydrogens (tertiary/aromatic N) is 3. The molecule has 0 bridgehead atoms. The van der Waals surface area contributed by atoms with Crippen LogP contribution in [0.25, 0.3) is 0 Å². The standard InChI is InChI=1S/C13H18BrN3O/c14-4-3-13(18)17-8-6-16(7-9-17)11-12-2-1-5-15-10-12/h1-2,5,10H,3-4,6-9,11H2. The van der Waals surface area contributed by atoms with Crippen molar-refractivity contribution >= 4 is 21.8 Å². The maximum Gasteiger partial charge on any atom is 0.223 e. The van der Waals surface area contributed by atoms with Crippen LogP contribution in [0, 0.1) is 0 Å². The van der Waals surface area contributed by atoms with Crippen LogP contribution in [-0.2, 0) is 11.3 Å². The number of carbonyl (C=O) groups excluding carboxylic acids is 1. The Balaban J connectivity index is 1.78. The normalized spacial score (nSPS) is 16.8. The predicted octanol–water partition coefficient (Wildman–Crippen LogP) is 1.51. The second kappa shape index (κ2) is 6.85. The zero-order chi connectivity index (χ0) is 12.8. The van der Waals surface area contributed by atoms with Gasteiger partial charge < -0.3 is 4.90 Å².